The van der Waals surface area contributed by atoms with Crippen LogP contribution in [0.15, 0.2) is 11.6 Å². The number of ether oxygens (including phenoxy) is 2. The number of fused-ring (bicyclic) bond motifs is 7. The van der Waals surface area contributed by atoms with Crippen molar-refractivity contribution in [3.05, 3.63) is 11.6 Å². The predicted octanol–water partition coefficient (Wildman–Crippen LogP) is 6.22. The van der Waals surface area contributed by atoms with Gasteiger partial charge in [0.05, 0.1) is 42.7 Å². The van der Waals surface area contributed by atoms with Gasteiger partial charge < -0.3 is 29.9 Å². The quantitative estimate of drug-likeness (QED) is 0.176. The Bertz CT molecular complexity index is 1280. The normalized spacial score (nSPS) is 47.6. The van der Waals surface area contributed by atoms with Crippen LogP contribution in [0.5, 0.6) is 0 Å². The lowest BCUT2D eigenvalue weighted by Gasteiger charge is -2.72. The molecule has 0 amide bonds. The van der Waals surface area contributed by atoms with Gasteiger partial charge in [0.1, 0.15) is 12.2 Å². The molecule has 4 fully saturated rings. The lowest BCUT2D eigenvalue weighted by molar-refractivity contribution is -0.269. The molecule has 0 unspecified atom stereocenters. The first-order valence-corrected chi connectivity index (χ1v) is 19.0. The molecule has 0 spiro atoms. The molecule has 0 radical (unpaired) electrons. The van der Waals surface area contributed by atoms with Gasteiger partial charge in [-0.2, -0.15) is 0 Å². The van der Waals surface area contributed by atoms with Crippen molar-refractivity contribution in [2.45, 2.75) is 151 Å². The van der Waals surface area contributed by atoms with Crippen LogP contribution < -0.4 is 0 Å². The smallest absolute Gasteiger partial charge is 0.309 e. The van der Waals surface area contributed by atoms with Gasteiger partial charge in [0.2, 0.25) is 0 Å². The Labute approximate surface area is 289 Å². The molecule has 14 atom stereocenters. The molecule has 0 aliphatic heterocycles. The zero-order valence-electron chi connectivity index (χ0n) is 31.5. The van der Waals surface area contributed by atoms with E-state index in [0.29, 0.717) is 32.1 Å². The van der Waals surface area contributed by atoms with E-state index < -0.39 is 58.7 Å². The van der Waals surface area contributed by atoms with Gasteiger partial charge in [0.25, 0.3) is 0 Å². The third-order valence-electron chi connectivity index (χ3n) is 16.0. The van der Waals surface area contributed by atoms with E-state index in [4.69, 9.17) is 9.47 Å². The summed E-state index contributed by atoms with van der Waals surface area (Å²) < 4.78 is 12.7. The van der Waals surface area contributed by atoms with Gasteiger partial charge in [-0.15, -0.1) is 0 Å². The zero-order chi connectivity index (χ0) is 35.8. The molecule has 5 aliphatic rings. The molecular weight excluding hydrogens is 608 g/mol. The van der Waals surface area contributed by atoms with Crippen molar-refractivity contribution in [3.63, 3.8) is 0 Å². The number of rotatable bonds is 8. The summed E-state index contributed by atoms with van der Waals surface area (Å²) in [6.45, 7) is 20.4. The monoisotopic (exact) mass is 674 g/mol. The minimum Gasteiger partial charge on any atom is -0.458 e. The minimum atomic E-state index is -1.24. The Balaban J connectivity index is 1.63. The molecular formula is C40H66O8. The number of hydrogen-bond acceptors (Lipinski definition) is 8. The SMILES string of the molecule is CC[C@@H](C)C(=O)O[C@H]1[C@H](OC(=O)[C@H](C)CC)[C@]2(CO)[C@H](O)C[C@]3(C)C(=CC[C@@H]4[C@@]5(C)CC[C@H](O)[C@@](C)(CO)[C@H]5CC[C@]43C)[C@@H]2CC1(C)C. The summed E-state index contributed by atoms with van der Waals surface area (Å²) in [4.78, 5) is 27.0. The largest absolute Gasteiger partial charge is 0.458 e. The van der Waals surface area contributed by atoms with E-state index >= 15 is 0 Å². The zero-order valence-corrected chi connectivity index (χ0v) is 31.5. The van der Waals surface area contributed by atoms with Crippen molar-refractivity contribution in [1.29, 1.82) is 0 Å². The Morgan fingerprint density at radius 1 is 0.812 bits per heavy atom. The highest BCUT2D eigenvalue weighted by Crippen LogP contribution is 2.76. The molecule has 4 N–H and O–H groups in total. The first-order chi connectivity index (χ1) is 22.3. The van der Waals surface area contributed by atoms with Gasteiger partial charge in [0.15, 0.2) is 0 Å². The maximum absolute atomic E-state index is 13.6. The van der Waals surface area contributed by atoms with Gasteiger partial charge in [-0.25, -0.2) is 0 Å². The number of aliphatic hydroxyl groups excluding tert-OH is 4. The van der Waals surface area contributed by atoms with E-state index in [2.05, 4.69) is 47.6 Å². The maximum atomic E-state index is 13.6. The summed E-state index contributed by atoms with van der Waals surface area (Å²) in [5, 5.41) is 45.8. The van der Waals surface area contributed by atoms with Crippen molar-refractivity contribution < 1.29 is 39.5 Å². The summed E-state index contributed by atoms with van der Waals surface area (Å²) in [5.74, 6) is -1.31. The predicted molar refractivity (Wildman–Crippen MR) is 184 cm³/mol. The molecule has 0 saturated heterocycles. The van der Waals surface area contributed by atoms with E-state index in [-0.39, 0.29) is 53.0 Å². The van der Waals surface area contributed by atoms with Crippen LogP contribution >= 0.6 is 0 Å². The summed E-state index contributed by atoms with van der Waals surface area (Å²) in [6, 6.07) is 0. The molecule has 8 heteroatoms. The minimum absolute atomic E-state index is 0.0371. The summed E-state index contributed by atoms with van der Waals surface area (Å²) in [5.41, 5.74) is -1.86. The third kappa shape index (κ3) is 5.10. The van der Waals surface area contributed by atoms with E-state index in [9.17, 15) is 30.0 Å². The molecule has 5 aliphatic carbocycles. The number of allylic oxidation sites excluding steroid dienone is 2. The van der Waals surface area contributed by atoms with Gasteiger partial charge in [0, 0.05) is 10.8 Å². The van der Waals surface area contributed by atoms with E-state index in [1.165, 1.54) is 5.57 Å². The Morgan fingerprint density at radius 2 is 1.40 bits per heavy atom. The fraction of sp³-hybridized carbons (Fsp3) is 0.900. The van der Waals surface area contributed by atoms with Gasteiger partial charge in [-0.05, 0) is 91.8 Å². The molecule has 4 saturated carbocycles. The molecule has 8 nitrogen and oxygen atoms in total. The average molecular weight is 675 g/mol. The average Bonchev–Trinajstić information content (AvgIpc) is 3.03. The lowest BCUT2D eigenvalue weighted by atomic mass is 9.33. The van der Waals surface area contributed by atoms with E-state index in [0.717, 1.165) is 25.7 Å². The van der Waals surface area contributed by atoms with Crippen LogP contribution in [0, 0.1) is 62.1 Å². The van der Waals surface area contributed by atoms with Crippen LogP contribution in [0.4, 0.5) is 0 Å². The van der Waals surface area contributed by atoms with Crippen LogP contribution in [-0.2, 0) is 19.1 Å². The van der Waals surface area contributed by atoms with Gasteiger partial charge >= 0.3 is 11.9 Å². The fourth-order valence-corrected chi connectivity index (χ4v) is 12.1. The van der Waals surface area contributed by atoms with Crippen LogP contribution in [0.25, 0.3) is 0 Å². The molecule has 0 aromatic heterocycles. The highest BCUT2D eigenvalue weighted by Gasteiger charge is 2.73. The third-order valence-corrected chi connectivity index (χ3v) is 16.0. The molecule has 0 bridgehead atoms. The van der Waals surface area contributed by atoms with Crippen molar-refractivity contribution in [2.24, 2.45) is 62.1 Å². The van der Waals surface area contributed by atoms with E-state index in [1.54, 1.807) is 0 Å². The van der Waals surface area contributed by atoms with Gasteiger partial charge in [-0.1, -0.05) is 80.9 Å². The number of esters is 2. The molecule has 0 aromatic carbocycles. The Kier molecular flexibility index (Phi) is 9.94. The second-order valence-electron chi connectivity index (χ2n) is 18.6. The molecule has 0 heterocycles. The topological polar surface area (TPSA) is 134 Å². The molecule has 48 heavy (non-hydrogen) atoms. The first kappa shape index (κ1) is 37.8. The van der Waals surface area contributed by atoms with Crippen molar-refractivity contribution >= 4 is 11.9 Å². The second kappa shape index (κ2) is 12.6. The maximum Gasteiger partial charge on any atom is 0.309 e. The van der Waals surface area contributed by atoms with Crippen LogP contribution in [0.1, 0.15) is 127 Å². The van der Waals surface area contributed by atoms with Crippen LogP contribution in [-0.4, -0.2) is 70.0 Å². The van der Waals surface area contributed by atoms with Crippen LogP contribution in [0.2, 0.25) is 0 Å². The highest BCUT2D eigenvalue weighted by molar-refractivity contribution is 5.73. The molecule has 0 aromatic rings. The fourth-order valence-electron chi connectivity index (χ4n) is 12.1. The van der Waals surface area contributed by atoms with Gasteiger partial charge in [-0.3, -0.25) is 9.59 Å². The standard InChI is InChI=1S/C40H66O8/c1-11-23(3)33(45)47-31-32(48-34(46)24(4)12-2)40(22-42)26(19-35(31,5)6)25-13-14-28-36(7)17-16-29(43)37(8,21-41)27(36)15-18-38(28,9)39(25,10)20-30(40)44/h13,23-24,26-32,41-44H,11-12,14-22H2,1-10H3/t23-,24-,26+,27+,28-,29+,30-,31+,32+,36+,37+,38-,39-,40+/m1/s1. The van der Waals surface area contributed by atoms with Crippen molar-refractivity contribution in [3.8, 4) is 0 Å². The Hall–Kier alpha value is -1.48. The summed E-state index contributed by atoms with van der Waals surface area (Å²) in [7, 11) is 0. The summed E-state index contributed by atoms with van der Waals surface area (Å²) >= 11 is 0. The lowest BCUT2D eigenvalue weighted by Crippen LogP contribution is -2.72. The number of hydrogen-bond donors (Lipinski definition) is 4. The Morgan fingerprint density at radius 3 is 1.94 bits per heavy atom. The number of carbonyl (C=O) groups is 2. The molecule has 5 rings (SSSR count). The van der Waals surface area contributed by atoms with Crippen molar-refractivity contribution in [2.75, 3.05) is 13.2 Å². The number of aliphatic hydroxyl groups is 4. The van der Waals surface area contributed by atoms with Crippen molar-refractivity contribution in [1.82, 2.24) is 0 Å². The summed E-state index contributed by atoms with van der Waals surface area (Å²) in [6.07, 6.45) is 5.34. The first-order valence-electron chi connectivity index (χ1n) is 19.0. The second-order valence-corrected chi connectivity index (χ2v) is 18.6. The number of carbonyl (C=O) groups excluding carboxylic acids is 2. The molecule has 274 valence electrons. The van der Waals surface area contributed by atoms with Crippen LogP contribution in [0.3, 0.4) is 0 Å². The van der Waals surface area contributed by atoms with E-state index in [1.807, 2.05) is 27.7 Å². The highest BCUT2D eigenvalue weighted by atomic mass is 16.6.